The van der Waals surface area contributed by atoms with Crippen LogP contribution in [0.1, 0.15) is 155 Å². The fourth-order valence-corrected chi connectivity index (χ4v) is 5.98. The van der Waals surface area contributed by atoms with Gasteiger partial charge in [-0.15, -0.1) is 0 Å². The molecule has 0 bridgehead atoms. The zero-order valence-electron chi connectivity index (χ0n) is 32.9. The molecule has 0 aliphatic rings. The molecule has 0 fully saturated rings. The number of nitrogens with one attached hydrogen (secondary N) is 1. The van der Waals surface area contributed by atoms with E-state index in [1.165, 1.54) is 70.6 Å². The minimum absolute atomic E-state index is 0.0552. The summed E-state index contributed by atoms with van der Waals surface area (Å²) in [6.07, 6.45) is 40.2. The van der Waals surface area contributed by atoms with Crippen LogP contribution in [0.2, 0.25) is 0 Å². The molecule has 50 heavy (non-hydrogen) atoms. The summed E-state index contributed by atoms with van der Waals surface area (Å²) in [7, 11) is 1.55. The molecule has 0 spiro atoms. The highest BCUT2D eigenvalue weighted by atomic mass is 31.2. The summed E-state index contributed by atoms with van der Waals surface area (Å²) in [4.78, 5) is 23.0. The molecule has 0 aliphatic heterocycles. The highest BCUT2D eigenvalue weighted by Gasteiger charge is 2.27. The Morgan fingerprint density at radius 1 is 0.680 bits per heavy atom. The first-order valence-electron chi connectivity index (χ1n) is 20.0. The van der Waals surface area contributed by atoms with Crippen molar-refractivity contribution in [2.24, 2.45) is 0 Å². The number of unbranched alkanes of at least 4 members (excludes halogenated alkanes) is 16. The lowest BCUT2D eigenvalue weighted by Crippen LogP contribution is -2.45. The Kier molecular flexibility index (Phi) is 32.3. The van der Waals surface area contributed by atoms with Crippen molar-refractivity contribution in [1.29, 1.82) is 0 Å². The normalized spacial score (nSPS) is 15.1. The number of phosphoric ester groups is 1. The van der Waals surface area contributed by atoms with Gasteiger partial charge in [-0.05, 0) is 70.6 Å². The van der Waals surface area contributed by atoms with Crippen LogP contribution in [0.4, 0.5) is 0 Å². The third-order valence-electron chi connectivity index (χ3n) is 8.49. The molecule has 9 heteroatoms. The Bertz CT molecular complexity index is 959. The largest absolute Gasteiger partial charge is 0.472 e. The third kappa shape index (κ3) is 34.9. The van der Waals surface area contributed by atoms with E-state index in [1.54, 1.807) is 6.08 Å². The predicted molar refractivity (Wildman–Crippen MR) is 212 cm³/mol. The molecule has 0 radical (unpaired) electrons. The zero-order chi connectivity index (χ0) is 37.2. The average Bonchev–Trinajstić information content (AvgIpc) is 3.06. The molecule has 3 atom stereocenters. The summed E-state index contributed by atoms with van der Waals surface area (Å²) >= 11 is 0. The molecular formula is C41H78N2O6P+. The van der Waals surface area contributed by atoms with Crippen molar-refractivity contribution in [2.45, 2.75) is 167 Å². The van der Waals surface area contributed by atoms with E-state index in [9.17, 15) is 19.4 Å². The second-order valence-electron chi connectivity index (χ2n) is 14.6. The van der Waals surface area contributed by atoms with Crippen molar-refractivity contribution in [1.82, 2.24) is 5.32 Å². The van der Waals surface area contributed by atoms with E-state index in [2.05, 4.69) is 55.6 Å². The molecule has 8 nitrogen and oxygen atoms in total. The van der Waals surface area contributed by atoms with Gasteiger partial charge in [0.1, 0.15) is 13.2 Å². The van der Waals surface area contributed by atoms with E-state index in [0.29, 0.717) is 17.4 Å². The molecule has 1 unspecified atom stereocenters. The summed E-state index contributed by atoms with van der Waals surface area (Å²) in [5, 5.41) is 13.7. The van der Waals surface area contributed by atoms with Gasteiger partial charge in [-0.1, -0.05) is 127 Å². The summed E-state index contributed by atoms with van der Waals surface area (Å²) in [6.45, 7) is 4.69. The summed E-state index contributed by atoms with van der Waals surface area (Å²) < 4.78 is 23.5. The van der Waals surface area contributed by atoms with Crippen molar-refractivity contribution < 1.29 is 32.9 Å². The first-order valence-corrected chi connectivity index (χ1v) is 21.5. The van der Waals surface area contributed by atoms with E-state index >= 15 is 0 Å². The number of carbonyl (C=O) groups is 1. The minimum atomic E-state index is -4.34. The lowest BCUT2D eigenvalue weighted by atomic mass is 10.1. The Morgan fingerprint density at radius 3 is 1.74 bits per heavy atom. The Labute approximate surface area is 308 Å². The maximum absolute atomic E-state index is 12.8. The number of likely N-dealkylation sites (N-methyl/N-ethyl adjacent to an activating group) is 1. The van der Waals surface area contributed by atoms with Gasteiger partial charge >= 0.3 is 7.82 Å². The number of hydrogen-bond acceptors (Lipinski definition) is 5. The van der Waals surface area contributed by atoms with Crippen LogP contribution in [-0.2, 0) is 18.4 Å². The first kappa shape index (κ1) is 48.5. The molecule has 0 aromatic carbocycles. The number of hydrogen-bond donors (Lipinski definition) is 3. The molecule has 0 rings (SSSR count). The van der Waals surface area contributed by atoms with Gasteiger partial charge in [-0.25, -0.2) is 4.57 Å². The van der Waals surface area contributed by atoms with Gasteiger partial charge in [0.15, 0.2) is 0 Å². The van der Waals surface area contributed by atoms with Gasteiger partial charge in [0.25, 0.3) is 0 Å². The maximum Gasteiger partial charge on any atom is 0.472 e. The first-order chi connectivity index (χ1) is 24.0. The quantitative estimate of drug-likeness (QED) is 0.0260. The lowest BCUT2D eigenvalue weighted by Gasteiger charge is -2.25. The van der Waals surface area contributed by atoms with Crippen molar-refractivity contribution in [3.63, 3.8) is 0 Å². The van der Waals surface area contributed by atoms with E-state index in [1.807, 2.05) is 27.2 Å². The molecule has 0 saturated carbocycles. The van der Waals surface area contributed by atoms with Gasteiger partial charge < -0.3 is 19.8 Å². The molecule has 0 aromatic heterocycles. The maximum atomic E-state index is 12.8. The highest BCUT2D eigenvalue weighted by Crippen LogP contribution is 2.43. The molecule has 0 aromatic rings. The minimum Gasteiger partial charge on any atom is -0.387 e. The Balaban J connectivity index is 4.55. The molecule has 0 aliphatic carbocycles. The van der Waals surface area contributed by atoms with Crippen LogP contribution in [0.3, 0.4) is 0 Å². The molecule has 0 saturated heterocycles. The van der Waals surface area contributed by atoms with Crippen LogP contribution in [0.15, 0.2) is 48.6 Å². The van der Waals surface area contributed by atoms with Crippen LogP contribution < -0.4 is 5.32 Å². The second-order valence-corrected chi connectivity index (χ2v) is 16.1. The average molecular weight is 726 g/mol. The number of phosphoric acid groups is 1. The number of allylic oxidation sites excluding steroid dienone is 7. The van der Waals surface area contributed by atoms with Crippen LogP contribution in [-0.4, -0.2) is 73.4 Å². The van der Waals surface area contributed by atoms with E-state index in [4.69, 9.17) is 9.05 Å². The summed E-state index contributed by atoms with van der Waals surface area (Å²) in [5.41, 5.74) is 0. The number of rotatable bonds is 35. The molecule has 1 amide bonds. The van der Waals surface area contributed by atoms with E-state index in [-0.39, 0.29) is 19.1 Å². The van der Waals surface area contributed by atoms with Crippen LogP contribution >= 0.6 is 7.82 Å². The Morgan fingerprint density at radius 2 is 1.18 bits per heavy atom. The smallest absolute Gasteiger partial charge is 0.387 e. The highest BCUT2D eigenvalue weighted by molar-refractivity contribution is 7.47. The number of quaternary nitrogens is 1. The molecule has 0 heterocycles. The molecule has 3 N–H and O–H groups in total. The number of amides is 1. The number of nitrogens with zero attached hydrogens (tertiary/aromatic N) is 1. The predicted octanol–water partition coefficient (Wildman–Crippen LogP) is 10.5. The lowest BCUT2D eigenvalue weighted by molar-refractivity contribution is -0.870. The standard InChI is InChI=1S/C41H77N2O6P/c1-6-8-10-12-14-16-18-20-21-23-25-27-29-31-33-35-41(45)42-39(38-49-50(46,47)48-37-36-43(3,4)5)40(44)34-32-30-28-26-24-22-19-17-15-13-11-9-7-2/h11,13-14,16,20-21,32,34,39-40,44H,6-10,12,15,17-19,22-31,33,35-38H2,1-5H3,(H-,42,45,46,47)/p+1/b13-11+,16-14+,21-20+,34-32+/t39-,40+/m0/s1. The van der Waals surface area contributed by atoms with Crippen molar-refractivity contribution in [3.05, 3.63) is 48.6 Å². The van der Waals surface area contributed by atoms with E-state index < -0.39 is 20.0 Å². The Hall–Kier alpha value is -1.54. The topological polar surface area (TPSA) is 105 Å². The summed E-state index contributed by atoms with van der Waals surface area (Å²) in [6, 6.07) is -0.856. The van der Waals surface area contributed by atoms with Gasteiger partial charge in [0, 0.05) is 6.42 Å². The van der Waals surface area contributed by atoms with Crippen LogP contribution in [0, 0.1) is 0 Å². The number of aliphatic hydroxyl groups excluding tert-OH is 1. The molecule has 292 valence electrons. The van der Waals surface area contributed by atoms with E-state index in [0.717, 1.165) is 64.2 Å². The second kappa shape index (κ2) is 33.3. The van der Waals surface area contributed by atoms with Crippen molar-refractivity contribution in [2.75, 3.05) is 40.9 Å². The number of carbonyl (C=O) groups excluding carboxylic acids is 1. The van der Waals surface area contributed by atoms with Crippen molar-refractivity contribution in [3.8, 4) is 0 Å². The van der Waals surface area contributed by atoms with Crippen molar-refractivity contribution >= 4 is 13.7 Å². The monoisotopic (exact) mass is 726 g/mol. The van der Waals surface area contributed by atoms with Gasteiger partial charge in [-0.3, -0.25) is 13.8 Å². The van der Waals surface area contributed by atoms with Crippen LogP contribution in [0.5, 0.6) is 0 Å². The SMILES string of the molecule is CCC/C=C/CCCCCCCC/C=C/[C@@H](O)[C@H](COP(=O)(O)OCC[N+](C)(C)C)NC(=O)CCCCCCC/C=C/C/C=C/CCCCC. The molecular weight excluding hydrogens is 647 g/mol. The summed E-state index contributed by atoms with van der Waals surface area (Å²) in [5.74, 6) is -0.198. The van der Waals surface area contributed by atoms with Crippen LogP contribution in [0.25, 0.3) is 0 Å². The third-order valence-corrected chi connectivity index (χ3v) is 9.48. The van der Waals surface area contributed by atoms with Gasteiger partial charge in [0.05, 0.1) is 39.9 Å². The van der Waals surface area contributed by atoms with Gasteiger partial charge in [-0.2, -0.15) is 0 Å². The number of aliphatic hydroxyl groups is 1. The van der Waals surface area contributed by atoms with Gasteiger partial charge in [0.2, 0.25) is 5.91 Å². The fraction of sp³-hybridized carbons (Fsp3) is 0.780. The fourth-order valence-electron chi connectivity index (χ4n) is 5.25. The zero-order valence-corrected chi connectivity index (χ0v) is 33.8.